The molecule has 2 aromatic carbocycles. The lowest BCUT2D eigenvalue weighted by Crippen LogP contribution is -2.06. The van der Waals surface area contributed by atoms with Gasteiger partial charge in [0, 0.05) is 17.7 Å². The van der Waals surface area contributed by atoms with E-state index in [0.717, 1.165) is 10.8 Å². The number of amides is 1. The lowest BCUT2D eigenvalue weighted by molar-refractivity contribution is -0.114. The third-order valence-corrected chi connectivity index (χ3v) is 2.86. The van der Waals surface area contributed by atoms with Crippen LogP contribution in [-0.4, -0.2) is 5.91 Å². The predicted octanol–water partition coefficient (Wildman–Crippen LogP) is 4.11. The van der Waals surface area contributed by atoms with E-state index in [1.165, 1.54) is 6.92 Å². The van der Waals surface area contributed by atoms with Crippen LogP contribution < -0.4 is 5.32 Å². The summed E-state index contributed by atoms with van der Waals surface area (Å²) < 4.78 is 0. The summed E-state index contributed by atoms with van der Waals surface area (Å²) in [5, 5.41) is 5.45. The van der Waals surface area contributed by atoms with Gasteiger partial charge in [0.1, 0.15) is 0 Å². The average molecular weight is 254 g/mol. The van der Waals surface area contributed by atoms with Gasteiger partial charge in [0.25, 0.3) is 0 Å². The smallest absolute Gasteiger partial charge is 0.221 e. The summed E-state index contributed by atoms with van der Waals surface area (Å²) in [7, 11) is 0. The van der Waals surface area contributed by atoms with Crippen molar-refractivity contribution < 1.29 is 4.79 Å². The summed E-state index contributed by atoms with van der Waals surface area (Å²) in [4.78, 5) is 11.1. The zero-order valence-electron chi connectivity index (χ0n) is 8.55. The van der Waals surface area contributed by atoms with Crippen LogP contribution in [0.1, 0.15) is 6.92 Å². The van der Waals surface area contributed by atoms with Crippen LogP contribution in [0.15, 0.2) is 30.3 Å². The maximum Gasteiger partial charge on any atom is 0.221 e. The Morgan fingerprint density at radius 1 is 1.12 bits per heavy atom. The minimum Gasteiger partial charge on any atom is -0.325 e. The summed E-state index contributed by atoms with van der Waals surface area (Å²) >= 11 is 12.1. The van der Waals surface area contributed by atoms with E-state index in [2.05, 4.69) is 5.32 Å². The van der Waals surface area contributed by atoms with E-state index in [0.29, 0.717) is 15.7 Å². The van der Waals surface area contributed by atoms with Gasteiger partial charge in [-0.2, -0.15) is 0 Å². The van der Waals surface area contributed by atoms with Gasteiger partial charge in [0.15, 0.2) is 0 Å². The van der Waals surface area contributed by atoms with Crippen molar-refractivity contribution in [1.82, 2.24) is 0 Å². The molecule has 0 radical (unpaired) electrons. The first-order chi connectivity index (χ1) is 7.59. The van der Waals surface area contributed by atoms with Crippen LogP contribution in [0.3, 0.4) is 0 Å². The van der Waals surface area contributed by atoms with Gasteiger partial charge >= 0.3 is 0 Å². The Morgan fingerprint density at radius 2 is 1.75 bits per heavy atom. The molecule has 0 bridgehead atoms. The lowest BCUT2D eigenvalue weighted by Gasteiger charge is -2.10. The van der Waals surface area contributed by atoms with Gasteiger partial charge in [-0.1, -0.05) is 47.5 Å². The van der Waals surface area contributed by atoms with E-state index in [1.807, 2.05) is 24.3 Å². The van der Waals surface area contributed by atoms with Crippen LogP contribution in [0.5, 0.6) is 0 Å². The van der Waals surface area contributed by atoms with Gasteiger partial charge in [-0.3, -0.25) is 4.79 Å². The molecule has 0 atom stereocenters. The van der Waals surface area contributed by atoms with Crippen molar-refractivity contribution in [3.63, 3.8) is 0 Å². The molecule has 0 aliphatic carbocycles. The van der Waals surface area contributed by atoms with Gasteiger partial charge in [0.05, 0.1) is 15.7 Å². The van der Waals surface area contributed by atoms with Crippen LogP contribution in [0.4, 0.5) is 5.69 Å². The Morgan fingerprint density at radius 3 is 2.38 bits per heavy atom. The Bertz CT molecular complexity index is 566. The number of hydrogen-bond donors (Lipinski definition) is 1. The molecule has 0 heterocycles. The van der Waals surface area contributed by atoms with Gasteiger partial charge in [-0.05, 0) is 6.07 Å². The van der Waals surface area contributed by atoms with Crippen LogP contribution in [0, 0.1) is 0 Å². The van der Waals surface area contributed by atoms with Gasteiger partial charge < -0.3 is 5.32 Å². The van der Waals surface area contributed by atoms with Crippen molar-refractivity contribution in [2.45, 2.75) is 6.92 Å². The van der Waals surface area contributed by atoms with Crippen LogP contribution in [0.25, 0.3) is 10.8 Å². The standard InChI is InChI=1S/C12H9Cl2NO/c1-7(16)15-12-9-5-3-2-4-8(9)10(13)6-11(12)14/h2-6H,1H3,(H,15,16). The number of benzene rings is 2. The molecule has 2 aromatic rings. The van der Waals surface area contributed by atoms with Crippen molar-refractivity contribution in [2.75, 3.05) is 5.32 Å². The molecule has 0 saturated carbocycles. The number of rotatable bonds is 1. The quantitative estimate of drug-likeness (QED) is 0.815. The fourth-order valence-electron chi connectivity index (χ4n) is 1.60. The topological polar surface area (TPSA) is 29.1 Å². The Hall–Kier alpha value is -1.25. The fourth-order valence-corrected chi connectivity index (χ4v) is 2.19. The molecule has 0 unspecified atom stereocenters. The van der Waals surface area contributed by atoms with E-state index in [4.69, 9.17) is 23.2 Å². The van der Waals surface area contributed by atoms with Crippen LogP contribution in [-0.2, 0) is 4.79 Å². The second-order valence-corrected chi connectivity index (χ2v) is 4.26. The SMILES string of the molecule is CC(=O)Nc1c(Cl)cc(Cl)c2ccccc12. The van der Waals surface area contributed by atoms with Crippen molar-refractivity contribution in [1.29, 1.82) is 0 Å². The number of hydrogen-bond acceptors (Lipinski definition) is 1. The molecule has 1 amide bonds. The highest BCUT2D eigenvalue weighted by molar-refractivity contribution is 6.41. The zero-order valence-corrected chi connectivity index (χ0v) is 10.1. The van der Waals surface area contributed by atoms with Gasteiger partial charge in [-0.15, -0.1) is 0 Å². The summed E-state index contributed by atoms with van der Waals surface area (Å²) in [6.45, 7) is 1.44. The summed E-state index contributed by atoms with van der Waals surface area (Å²) in [6, 6.07) is 9.16. The Balaban J connectivity index is 2.76. The van der Waals surface area contributed by atoms with E-state index in [9.17, 15) is 4.79 Å². The number of anilines is 1. The highest BCUT2D eigenvalue weighted by Gasteiger charge is 2.10. The first kappa shape index (κ1) is 11.2. The minimum atomic E-state index is -0.158. The fraction of sp³-hybridized carbons (Fsp3) is 0.0833. The molecule has 2 rings (SSSR count). The highest BCUT2D eigenvalue weighted by atomic mass is 35.5. The number of carbonyl (C=O) groups is 1. The van der Waals surface area contributed by atoms with E-state index < -0.39 is 0 Å². The molecule has 0 spiro atoms. The molecule has 4 heteroatoms. The van der Waals surface area contributed by atoms with E-state index in [-0.39, 0.29) is 5.91 Å². The molecular formula is C12H9Cl2NO. The summed E-state index contributed by atoms with van der Waals surface area (Å²) in [6.07, 6.45) is 0. The molecule has 2 nitrogen and oxygen atoms in total. The monoisotopic (exact) mass is 253 g/mol. The normalized spacial score (nSPS) is 10.4. The molecule has 0 fully saturated rings. The number of fused-ring (bicyclic) bond motifs is 1. The maximum atomic E-state index is 11.1. The second kappa shape index (κ2) is 4.32. The number of nitrogens with one attached hydrogen (secondary N) is 1. The molecule has 1 N–H and O–H groups in total. The minimum absolute atomic E-state index is 0.158. The van der Waals surface area contributed by atoms with Crippen molar-refractivity contribution in [2.24, 2.45) is 0 Å². The molecule has 16 heavy (non-hydrogen) atoms. The largest absolute Gasteiger partial charge is 0.325 e. The molecule has 0 saturated heterocycles. The predicted molar refractivity (Wildman–Crippen MR) is 68.3 cm³/mol. The van der Waals surface area contributed by atoms with Gasteiger partial charge in [0.2, 0.25) is 5.91 Å². The lowest BCUT2D eigenvalue weighted by atomic mass is 10.1. The van der Waals surface area contributed by atoms with Crippen LogP contribution >= 0.6 is 23.2 Å². The summed E-state index contributed by atoms with van der Waals surface area (Å²) in [5.41, 5.74) is 0.606. The van der Waals surface area contributed by atoms with Crippen molar-refractivity contribution in [3.05, 3.63) is 40.4 Å². The third-order valence-electron chi connectivity index (χ3n) is 2.25. The molecular weight excluding hydrogens is 245 g/mol. The third kappa shape index (κ3) is 1.99. The highest BCUT2D eigenvalue weighted by Crippen LogP contribution is 2.36. The van der Waals surface area contributed by atoms with E-state index >= 15 is 0 Å². The number of halogens is 2. The Kier molecular flexibility index (Phi) is 3.03. The Labute approximate surface area is 103 Å². The van der Waals surface area contributed by atoms with Gasteiger partial charge in [-0.25, -0.2) is 0 Å². The number of carbonyl (C=O) groups excluding carboxylic acids is 1. The summed E-state index contributed by atoms with van der Waals surface area (Å²) in [5.74, 6) is -0.158. The molecule has 0 aliphatic heterocycles. The first-order valence-corrected chi connectivity index (χ1v) is 5.49. The maximum absolute atomic E-state index is 11.1. The van der Waals surface area contributed by atoms with E-state index in [1.54, 1.807) is 6.07 Å². The second-order valence-electron chi connectivity index (χ2n) is 3.44. The van der Waals surface area contributed by atoms with Crippen molar-refractivity contribution in [3.8, 4) is 0 Å². The first-order valence-electron chi connectivity index (χ1n) is 4.74. The molecule has 0 aromatic heterocycles. The average Bonchev–Trinajstić information content (AvgIpc) is 2.24. The van der Waals surface area contributed by atoms with Crippen molar-refractivity contribution >= 4 is 45.6 Å². The van der Waals surface area contributed by atoms with Crippen LogP contribution in [0.2, 0.25) is 10.0 Å². The molecule has 0 aliphatic rings. The zero-order chi connectivity index (χ0) is 11.7. The molecule has 82 valence electrons.